The molecule has 4 nitrogen and oxygen atoms in total. The number of sulfonamides is 1. The largest absolute Gasteiger partial charge is 0.384 e. The van der Waals surface area contributed by atoms with Crippen LogP contribution in [0.5, 0.6) is 0 Å². The maximum atomic E-state index is 12.4. The fraction of sp³-hybridized carbons (Fsp3) is 0.571. The molecular formula is C14H22N2O2S2. The molecule has 1 aromatic rings. The Labute approximate surface area is 125 Å². The Morgan fingerprint density at radius 3 is 2.65 bits per heavy atom. The summed E-state index contributed by atoms with van der Waals surface area (Å²) < 4.78 is 27.6. The van der Waals surface area contributed by atoms with Gasteiger partial charge in [0.25, 0.3) is 0 Å². The van der Waals surface area contributed by atoms with Gasteiger partial charge in [-0.05, 0) is 49.3 Å². The highest BCUT2D eigenvalue weighted by molar-refractivity contribution is 7.99. The monoisotopic (exact) mass is 314 g/mol. The molecule has 1 aliphatic rings. The number of para-hydroxylation sites is 1. The highest BCUT2D eigenvalue weighted by atomic mass is 32.2. The zero-order valence-corrected chi connectivity index (χ0v) is 13.4. The predicted octanol–water partition coefficient (Wildman–Crippen LogP) is 2.54. The van der Waals surface area contributed by atoms with Crippen molar-refractivity contribution in [1.29, 1.82) is 0 Å². The van der Waals surface area contributed by atoms with E-state index in [9.17, 15) is 8.42 Å². The van der Waals surface area contributed by atoms with Crippen molar-refractivity contribution in [2.24, 2.45) is 5.92 Å². The molecule has 1 heterocycles. The number of thioether (sulfide) groups is 1. The number of hydrogen-bond donors (Lipinski definition) is 2. The minimum absolute atomic E-state index is 0.340. The van der Waals surface area contributed by atoms with E-state index in [1.807, 2.05) is 24.8 Å². The molecule has 20 heavy (non-hydrogen) atoms. The number of benzene rings is 1. The van der Waals surface area contributed by atoms with Crippen LogP contribution in [0.15, 0.2) is 29.2 Å². The Morgan fingerprint density at radius 2 is 1.95 bits per heavy atom. The Morgan fingerprint density at radius 1 is 1.25 bits per heavy atom. The zero-order chi connectivity index (χ0) is 14.4. The van der Waals surface area contributed by atoms with E-state index in [4.69, 9.17) is 0 Å². The molecular weight excluding hydrogens is 292 g/mol. The Balaban J connectivity index is 2.05. The van der Waals surface area contributed by atoms with Gasteiger partial charge in [0.15, 0.2) is 0 Å². The molecule has 1 aliphatic heterocycles. The smallest absolute Gasteiger partial charge is 0.242 e. The van der Waals surface area contributed by atoms with Crippen molar-refractivity contribution in [3.63, 3.8) is 0 Å². The lowest BCUT2D eigenvalue weighted by Gasteiger charge is -2.21. The lowest BCUT2D eigenvalue weighted by atomic mass is 10.0. The van der Waals surface area contributed by atoms with Crippen LogP contribution in [0.1, 0.15) is 19.8 Å². The summed E-state index contributed by atoms with van der Waals surface area (Å²) in [6.45, 7) is 3.20. The van der Waals surface area contributed by atoms with Gasteiger partial charge in [0.2, 0.25) is 10.0 Å². The summed E-state index contributed by atoms with van der Waals surface area (Å²) in [6.07, 6.45) is 2.20. The fourth-order valence-electron chi connectivity index (χ4n) is 2.29. The van der Waals surface area contributed by atoms with Crippen LogP contribution in [0.4, 0.5) is 5.69 Å². The average molecular weight is 314 g/mol. The van der Waals surface area contributed by atoms with Gasteiger partial charge in [0.05, 0.1) is 5.69 Å². The van der Waals surface area contributed by atoms with Gasteiger partial charge >= 0.3 is 0 Å². The molecule has 0 spiro atoms. The van der Waals surface area contributed by atoms with Crippen LogP contribution in [0, 0.1) is 5.92 Å². The molecule has 0 unspecified atom stereocenters. The van der Waals surface area contributed by atoms with Crippen LogP contribution >= 0.6 is 11.8 Å². The second kappa shape index (κ2) is 7.33. The quantitative estimate of drug-likeness (QED) is 0.847. The van der Waals surface area contributed by atoms with E-state index in [1.54, 1.807) is 18.2 Å². The Kier molecular flexibility index (Phi) is 5.74. The van der Waals surface area contributed by atoms with Crippen LogP contribution in [0.25, 0.3) is 0 Å². The molecule has 0 bridgehead atoms. The van der Waals surface area contributed by atoms with E-state index in [2.05, 4.69) is 10.0 Å². The first-order valence-corrected chi connectivity index (χ1v) is 9.67. The molecule has 6 heteroatoms. The zero-order valence-electron chi connectivity index (χ0n) is 11.8. The number of nitrogens with one attached hydrogen (secondary N) is 2. The molecule has 1 fully saturated rings. The van der Waals surface area contributed by atoms with Crippen molar-refractivity contribution in [3.05, 3.63) is 24.3 Å². The van der Waals surface area contributed by atoms with Crippen molar-refractivity contribution in [2.75, 3.05) is 29.9 Å². The summed E-state index contributed by atoms with van der Waals surface area (Å²) in [4.78, 5) is 0.340. The molecule has 0 aromatic heterocycles. The van der Waals surface area contributed by atoms with Gasteiger partial charge in [-0.15, -0.1) is 0 Å². The highest BCUT2D eigenvalue weighted by Gasteiger charge is 2.21. The third-order valence-electron chi connectivity index (χ3n) is 3.45. The van der Waals surface area contributed by atoms with Crippen LogP contribution in [-0.4, -0.2) is 33.0 Å². The molecule has 0 radical (unpaired) electrons. The number of anilines is 1. The van der Waals surface area contributed by atoms with Gasteiger partial charge in [-0.25, -0.2) is 13.1 Å². The molecule has 2 N–H and O–H groups in total. The maximum Gasteiger partial charge on any atom is 0.242 e. The third-order valence-corrected chi connectivity index (χ3v) is 5.98. The average Bonchev–Trinajstić information content (AvgIpc) is 2.47. The van der Waals surface area contributed by atoms with Gasteiger partial charge < -0.3 is 5.32 Å². The van der Waals surface area contributed by atoms with Crippen LogP contribution in [0.3, 0.4) is 0 Å². The van der Waals surface area contributed by atoms with E-state index >= 15 is 0 Å². The lowest BCUT2D eigenvalue weighted by Crippen LogP contribution is -2.31. The maximum absolute atomic E-state index is 12.4. The van der Waals surface area contributed by atoms with E-state index in [0.717, 1.165) is 24.3 Å². The molecule has 0 saturated carbocycles. The van der Waals surface area contributed by atoms with Gasteiger partial charge in [0, 0.05) is 13.1 Å². The minimum atomic E-state index is -3.43. The van der Waals surface area contributed by atoms with Crippen molar-refractivity contribution < 1.29 is 8.42 Å². The van der Waals surface area contributed by atoms with Crippen LogP contribution in [0.2, 0.25) is 0 Å². The summed E-state index contributed by atoms with van der Waals surface area (Å²) in [7, 11) is -3.43. The first-order valence-electron chi connectivity index (χ1n) is 7.04. The Bertz CT molecular complexity index is 526. The fourth-order valence-corrected chi connectivity index (χ4v) is 4.80. The number of hydrogen-bond acceptors (Lipinski definition) is 4. The van der Waals surface area contributed by atoms with Crippen molar-refractivity contribution >= 4 is 27.5 Å². The van der Waals surface area contributed by atoms with Crippen molar-refractivity contribution in [2.45, 2.75) is 24.7 Å². The molecule has 0 atom stereocenters. The van der Waals surface area contributed by atoms with Gasteiger partial charge in [-0.2, -0.15) is 11.8 Å². The first kappa shape index (κ1) is 15.7. The summed E-state index contributed by atoms with van der Waals surface area (Å²) in [6, 6.07) is 7.05. The van der Waals surface area contributed by atoms with Crippen LogP contribution in [-0.2, 0) is 10.0 Å². The molecule has 2 rings (SSSR count). The summed E-state index contributed by atoms with van der Waals surface area (Å²) in [5.41, 5.74) is 0.668. The van der Waals surface area contributed by atoms with Gasteiger partial charge in [-0.1, -0.05) is 12.1 Å². The second-order valence-corrected chi connectivity index (χ2v) is 7.89. The third kappa shape index (κ3) is 4.14. The SMILES string of the molecule is CCNc1ccccc1S(=O)(=O)NCC1CCSCC1. The lowest BCUT2D eigenvalue weighted by molar-refractivity contribution is 0.477. The standard InChI is InChI=1S/C14H22N2O2S2/c1-2-15-13-5-3-4-6-14(13)20(17,18)16-11-12-7-9-19-10-8-12/h3-6,12,15-16H,2,7-11H2,1H3. The molecule has 0 amide bonds. The number of rotatable bonds is 6. The van der Waals surface area contributed by atoms with E-state index in [1.165, 1.54) is 0 Å². The normalized spacial score (nSPS) is 17.1. The van der Waals surface area contributed by atoms with Crippen molar-refractivity contribution in [3.8, 4) is 0 Å². The Hall–Kier alpha value is -0.720. The van der Waals surface area contributed by atoms with Gasteiger partial charge in [0.1, 0.15) is 4.90 Å². The van der Waals surface area contributed by atoms with E-state index in [0.29, 0.717) is 29.6 Å². The summed E-state index contributed by atoms with van der Waals surface area (Å²) in [5, 5.41) is 3.10. The highest BCUT2D eigenvalue weighted by Crippen LogP contribution is 2.24. The first-order chi connectivity index (χ1) is 9.63. The van der Waals surface area contributed by atoms with E-state index in [-0.39, 0.29) is 0 Å². The summed E-state index contributed by atoms with van der Waals surface area (Å²) >= 11 is 1.95. The predicted molar refractivity (Wildman–Crippen MR) is 85.8 cm³/mol. The molecule has 0 aliphatic carbocycles. The minimum Gasteiger partial charge on any atom is -0.384 e. The van der Waals surface area contributed by atoms with Crippen LogP contribution < -0.4 is 10.0 Å². The topological polar surface area (TPSA) is 58.2 Å². The van der Waals surface area contributed by atoms with Crippen molar-refractivity contribution in [1.82, 2.24) is 4.72 Å². The van der Waals surface area contributed by atoms with E-state index < -0.39 is 10.0 Å². The molecule has 112 valence electrons. The molecule has 1 aromatic carbocycles. The summed E-state index contributed by atoms with van der Waals surface area (Å²) in [5.74, 6) is 2.75. The molecule has 1 saturated heterocycles. The second-order valence-electron chi connectivity index (χ2n) is 4.93. The van der Waals surface area contributed by atoms with Gasteiger partial charge in [-0.3, -0.25) is 0 Å².